The Morgan fingerprint density at radius 1 is 1.15 bits per heavy atom. The molecule has 0 amide bonds. The van der Waals surface area contributed by atoms with E-state index < -0.39 is 0 Å². The minimum atomic E-state index is 0.196. The second-order valence-corrected chi connectivity index (χ2v) is 7.15. The molecular weight excluding hydrogens is 264 g/mol. The highest BCUT2D eigenvalue weighted by Gasteiger charge is 2.15. The van der Waals surface area contributed by atoms with Crippen LogP contribution in [0.5, 0.6) is 0 Å². The molecule has 1 aromatic carbocycles. The van der Waals surface area contributed by atoms with Gasteiger partial charge in [-0.25, -0.2) is 0 Å². The normalized spacial score (nSPS) is 13.4. The number of hydrogen-bond acceptors (Lipinski definition) is 3. The highest BCUT2D eigenvalue weighted by molar-refractivity contribution is 7.09. The molecule has 0 radical (unpaired) electrons. The average molecular weight is 288 g/mol. The largest absolute Gasteiger partial charge is 0.329 e. The van der Waals surface area contributed by atoms with Crippen LogP contribution in [0.4, 0.5) is 0 Å². The van der Waals surface area contributed by atoms with Crippen molar-refractivity contribution >= 4 is 11.3 Å². The maximum Gasteiger partial charge on any atom is 0.0447 e. The molecule has 0 bridgehead atoms. The highest BCUT2D eigenvalue weighted by atomic mass is 32.1. The molecule has 1 heterocycles. The molecule has 0 saturated heterocycles. The Bertz CT molecular complexity index is 509. The fourth-order valence-electron chi connectivity index (χ4n) is 2.19. The summed E-state index contributed by atoms with van der Waals surface area (Å²) in [4.78, 5) is 1.34. The van der Waals surface area contributed by atoms with Gasteiger partial charge in [-0.2, -0.15) is 0 Å². The molecule has 0 aliphatic rings. The van der Waals surface area contributed by atoms with Gasteiger partial charge in [-0.3, -0.25) is 0 Å². The zero-order valence-corrected chi connectivity index (χ0v) is 13.3. The van der Waals surface area contributed by atoms with Crippen LogP contribution in [0.25, 0.3) is 0 Å². The molecule has 0 spiro atoms. The first-order chi connectivity index (χ1) is 9.50. The lowest BCUT2D eigenvalue weighted by molar-refractivity contribution is 0.543. The number of benzene rings is 1. The first kappa shape index (κ1) is 15.2. The smallest absolute Gasteiger partial charge is 0.0447 e. The van der Waals surface area contributed by atoms with E-state index in [4.69, 9.17) is 5.73 Å². The lowest BCUT2D eigenvalue weighted by Crippen LogP contribution is -2.27. The second kappa shape index (κ2) is 6.53. The van der Waals surface area contributed by atoms with Gasteiger partial charge in [0, 0.05) is 24.0 Å². The summed E-state index contributed by atoms with van der Waals surface area (Å²) in [6.07, 6.45) is 0. The number of hydrogen-bond donors (Lipinski definition) is 2. The van der Waals surface area contributed by atoms with Gasteiger partial charge in [-0.1, -0.05) is 51.1 Å². The monoisotopic (exact) mass is 288 g/mol. The van der Waals surface area contributed by atoms with Crippen LogP contribution in [0.3, 0.4) is 0 Å². The topological polar surface area (TPSA) is 38.0 Å². The van der Waals surface area contributed by atoms with E-state index in [1.54, 1.807) is 11.3 Å². The Morgan fingerprint density at radius 3 is 2.35 bits per heavy atom. The Morgan fingerprint density at radius 2 is 1.85 bits per heavy atom. The van der Waals surface area contributed by atoms with Crippen molar-refractivity contribution in [1.29, 1.82) is 0 Å². The molecule has 0 aliphatic heterocycles. The van der Waals surface area contributed by atoms with Gasteiger partial charge in [0.05, 0.1) is 0 Å². The van der Waals surface area contributed by atoms with Crippen LogP contribution in [-0.4, -0.2) is 6.54 Å². The molecule has 20 heavy (non-hydrogen) atoms. The number of thiophene rings is 1. The van der Waals surface area contributed by atoms with Crippen molar-refractivity contribution in [3.8, 4) is 0 Å². The van der Waals surface area contributed by atoms with E-state index in [2.05, 4.69) is 67.9 Å². The molecule has 3 heteroatoms. The minimum absolute atomic E-state index is 0.196. The summed E-state index contributed by atoms with van der Waals surface area (Å²) in [6.45, 7) is 8.19. The predicted octanol–water partition coefficient (Wildman–Crippen LogP) is 3.84. The Balaban J connectivity index is 2.04. The summed E-state index contributed by atoms with van der Waals surface area (Å²) < 4.78 is 0. The van der Waals surface area contributed by atoms with E-state index >= 15 is 0 Å². The third-order valence-electron chi connectivity index (χ3n) is 3.52. The number of rotatable bonds is 5. The van der Waals surface area contributed by atoms with E-state index in [0.717, 1.165) is 6.54 Å². The standard InChI is InChI=1S/C17H24N2S/c1-17(2,3)14-8-6-13(7-9-14)16(11-18)19-12-15-5-4-10-20-15/h4-10,16,19H,11-12,18H2,1-3H3. The second-order valence-electron chi connectivity index (χ2n) is 6.12. The molecule has 1 aromatic heterocycles. The molecule has 2 nitrogen and oxygen atoms in total. The van der Waals surface area contributed by atoms with Crippen molar-refractivity contribution in [2.45, 2.75) is 38.8 Å². The third-order valence-corrected chi connectivity index (χ3v) is 4.39. The SMILES string of the molecule is CC(C)(C)c1ccc(C(CN)NCc2cccs2)cc1. The van der Waals surface area contributed by atoms with Crippen LogP contribution >= 0.6 is 11.3 Å². The van der Waals surface area contributed by atoms with Gasteiger partial charge in [0.25, 0.3) is 0 Å². The zero-order chi connectivity index (χ0) is 14.6. The maximum absolute atomic E-state index is 5.91. The summed E-state index contributed by atoms with van der Waals surface area (Å²) in [5.41, 5.74) is 8.72. The van der Waals surface area contributed by atoms with Crippen molar-refractivity contribution in [2.75, 3.05) is 6.54 Å². The van der Waals surface area contributed by atoms with Crippen molar-refractivity contribution in [2.24, 2.45) is 5.73 Å². The van der Waals surface area contributed by atoms with Crippen molar-refractivity contribution < 1.29 is 0 Å². The lowest BCUT2D eigenvalue weighted by Gasteiger charge is -2.21. The molecular formula is C17H24N2S. The van der Waals surface area contributed by atoms with Gasteiger partial charge >= 0.3 is 0 Å². The van der Waals surface area contributed by atoms with Gasteiger partial charge in [0.15, 0.2) is 0 Å². The van der Waals surface area contributed by atoms with Gasteiger partial charge in [-0.15, -0.1) is 11.3 Å². The third kappa shape index (κ3) is 3.92. The predicted molar refractivity (Wildman–Crippen MR) is 88.1 cm³/mol. The fraction of sp³-hybridized carbons (Fsp3) is 0.412. The fourth-order valence-corrected chi connectivity index (χ4v) is 2.85. The minimum Gasteiger partial charge on any atom is -0.329 e. The highest BCUT2D eigenvalue weighted by Crippen LogP contribution is 2.24. The Labute approximate surface area is 126 Å². The molecule has 108 valence electrons. The van der Waals surface area contributed by atoms with Crippen molar-refractivity contribution in [3.05, 3.63) is 57.8 Å². The summed E-state index contributed by atoms with van der Waals surface area (Å²) in [5.74, 6) is 0. The van der Waals surface area contributed by atoms with Gasteiger partial charge in [0.1, 0.15) is 0 Å². The van der Waals surface area contributed by atoms with Crippen LogP contribution in [0.15, 0.2) is 41.8 Å². The first-order valence-corrected chi connectivity index (χ1v) is 7.95. The summed E-state index contributed by atoms with van der Waals surface area (Å²) in [7, 11) is 0. The Hall–Kier alpha value is -1.16. The Kier molecular flexibility index (Phi) is 4.97. The van der Waals surface area contributed by atoms with Gasteiger partial charge < -0.3 is 11.1 Å². The van der Waals surface area contributed by atoms with Crippen LogP contribution in [-0.2, 0) is 12.0 Å². The van der Waals surface area contributed by atoms with E-state index in [0.29, 0.717) is 6.54 Å². The van der Waals surface area contributed by atoms with Crippen molar-refractivity contribution in [3.63, 3.8) is 0 Å². The van der Waals surface area contributed by atoms with Crippen LogP contribution in [0.2, 0.25) is 0 Å². The van der Waals surface area contributed by atoms with E-state index in [-0.39, 0.29) is 11.5 Å². The lowest BCUT2D eigenvalue weighted by atomic mass is 9.86. The maximum atomic E-state index is 5.91. The molecule has 1 unspecified atom stereocenters. The number of nitrogens with two attached hydrogens (primary N) is 1. The average Bonchev–Trinajstić information content (AvgIpc) is 2.92. The van der Waals surface area contributed by atoms with E-state index in [9.17, 15) is 0 Å². The summed E-state index contributed by atoms with van der Waals surface area (Å²) >= 11 is 1.77. The van der Waals surface area contributed by atoms with Gasteiger partial charge in [-0.05, 0) is 28.0 Å². The molecule has 2 rings (SSSR count). The number of nitrogens with one attached hydrogen (secondary N) is 1. The van der Waals surface area contributed by atoms with Crippen LogP contribution in [0, 0.1) is 0 Å². The summed E-state index contributed by atoms with van der Waals surface area (Å²) in [6, 6.07) is 13.3. The zero-order valence-electron chi connectivity index (χ0n) is 12.5. The van der Waals surface area contributed by atoms with E-state index in [1.807, 2.05) is 0 Å². The molecule has 3 N–H and O–H groups in total. The molecule has 0 aliphatic carbocycles. The summed E-state index contributed by atoms with van der Waals surface area (Å²) in [5, 5.41) is 5.64. The molecule has 0 fully saturated rings. The van der Waals surface area contributed by atoms with Crippen LogP contribution < -0.4 is 11.1 Å². The van der Waals surface area contributed by atoms with E-state index in [1.165, 1.54) is 16.0 Å². The van der Waals surface area contributed by atoms with Crippen LogP contribution in [0.1, 0.15) is 42.8 Å². The molecule has 2 aromatic rings. The molecule has 0 saturated carbocycles. The first-order valence-electron chi connectivity index (χ1n) is 7.07. The molecule has 1 atom stereocenters. The quantitative estimate of drug-likeness (QED) is 0.877. The van der Waals surface area contributed by atoms with Gasteiger partial charge in [0.2, 0.25) is 0 Å². The van der Waals surface area contributed by atoms with Crippen molar-refractivity contribution in [1.82, 2.24) is 5.32 Å².